The predicted molar refractivity (Wildman–Crippen MR) is 233 cm³/mol. The van der Waals surface area contributed by atoms with E-state index in [1.807, 2.05) is 86.5 Å². The molecule has 0 saturated heterocycles. The lowest BCUT2D eigenvalue weighted by Gasteiger charge is -2.13. The number of rotatable bonds is 12. The van der Waals surface area contributed by atoms with Gasteiger partial charge in [0.15, 0.2) is 0 Å². The third-order valence-corrected chi connectivity index (χ3v) is 10.1. The molecule has 6 aromatic rings. The minimum absolute atomic E-state index is 0.0151. The molecule has 61 heavy (non-hydrogen) atoms. The van der Waals surface area contributed by atoms with Crippen LogP contribution >= 0.6 is 0 Å². The van der Waals surface area contributed by atoms with Crippen LogP contribution in [0.2, 0.25) is 0 Å². The Bertz CT molecular complexity index is 2600. The average molecular weight is 857 g/mol. The molecule has 19 heteroatoms. The molecule has 0 amide bonds. The molecule has 4 aromatic carbocycles. The molecule has 320 valence electrons. The number of ether oxygens (including phenoxy) is 2. The van der Waals surface area contributed by atoms with Gasteiger partial charge in [0.25, 0.3) is 0 Å². The molecule has 0 saturated carbocycles. The van der Waals surface area contributed by atoms with E-state index in [0.29, 0.717) is 0 Å². The van der Waals surface area contributed by atoms with Gasteiger partial charge in [0.2, 0.25) is 32.5 Å². The molecule has 0 atom stereocenters. The Kier molecular flexibility index (Phi) is 15.6. The molecule has 6 rings (SSSR count). The summed E-state index contributed by atoms with van der Waals surface area (Å²) in [4.78, 5) is 44.9. The van der Waals surface area contributed by atoms with Crippen molar-refractivity contribution in [2.45, 2.75) is 12.1 Å². The molecule has 0 aliphatic rings. The van der Waals surface area contributed by atoms with Crippen LogP contribution in [0.5, 0.6) is 11.5 Å². The van der Waals surface area contributed by atoms with Gasteiger partial charge in [-0.2, -0.15) is 4.98 Å². The number of nitrogens with one attached hydrogen (secondary N) is 1. The highest BCUT2D eigenvalue weighted by molar-refractivity contribution is 7.91. The van der Waals surface area contributed by atoms with Crippen molar-refractivity contribution < 1.29 is 36.3 Å². The number of aromatic nitrogens is 4. The number of anilines is 7. The number of sulfone groups is 1. The molecule has 16 nitrogen and oxygen atoms in total. The number of methoxy groups -OCH3 is 2. The van der Waals surface area contributed by atoms with Gasteiger partial charge in [-0.05, 0) is 84.9 Å². The van der Waals surface area contributed by atoms with Gasteiger partial charge in [-0.25, -0.2) is 32.2 Å². The SMILES string of the molecule is CCS(=O)(=O)c1ncc(C(=O)c2cc(F)ccc2OC)c(N)n1.CN(C)c1ccc(N)cc1.COc1ccc(F)cc1C(=O)c1cnc(Nc2ccc(N(C)C)cc2)nc1N. The summed E-state index contributed by atoms with van der Waals surface area (Å²) < 4.78 is 60.5. The van der Waals surface area contributed by atoms with Crippen molar-refractivity contribution in [3.05, 3.63) is 131 Å². The van der Waals surface area contributed by atoms with E-state index in [-0.39, 0.29) is 57.1 Å². The van der Waals surface area contributed by atoms with Crippen LogP contribution in [0.4, 0.5) is 49.1 Å². The molecule has 0 spiro atoms. The summed E-state index contributed by atoms with van der Waals surface area (Å²) in [7, 11) is 7.01. The Morgan fingerprint density at radius 3 is 1.51 bits per heavy atom. The van der Waals surface area contributed by atoms with E-state index in [1.54, 1.807) is 0 Å². The lowest BCUT2D eigenvalue weighted by Crippen LogP contribution is -2.14. The zero-order valence-electron chi connectivity index (χ0n) is 34.5. The molecule has 0 unspecified atom stereocenters. The van der Waals surface area contributed by atoms with Crippen LogP contribution in [-0.4, -0.2) is 88.1 Å². The number of carbonyl (C=O) groups is 2. The van der Waals surface area contributed by atoms with E-state index in [0.717, 1.165) is 41.5 Å². The lowest BCUT2D eigenvalue weighted by atomic mass is 10.0. The first-order chi connectivity index (χ1) is 28.9. The first kappa shape index (κ1) is 46.3. The standard InChI is InChI=1S/C20H20FN5O2.C14H14FN3O4S.C8H12N2/c1-26(2)14-7-5-13(6-8-14)24-20-23-11-16(19(22)25-20)18(27)15-10-12(21)4-9-17(15)28-3;1-3-23(20,21)14-17-7-10(13(16)18-14)12(19)9-6-8(15)4-5-11(9)22-2;1-10(2)8-5-3-7(9)4-6-8/h4-11H,1-3H3,(H3,22,23,24,25);4-7H,3H2,1-2H3,(H2,16,17,18);3-6H,9H2,1-2H3. The highest BCUT2D eigenvalue weighted by Gasteiger charge is 2.23. The van der Waals surface area contributed by atoms with Gasteiger partial charge in [-0.1, -0.05) is 6.92 Å². The van der Waals surface area contributed by atoms with Crippen molar-refractivity contribution in [3.8, 4) is 11.5 Å². The lowest BCUT2D eigenvalue weighted by molar-refractivity contribution is 0.102. The second kappa shape index (κ2) is 20.5. The van der Waals surface area contributed by atoms with Crippen molar-refractivity contribution in [3.63, 3.8) is 0 Å². The molecular weight excluding hydrogens is 811 g/mol. The summed E-state index contributed by atoms with van der Waals surface area (Å²) >= 11 is 0. The van der Waals surface area contributed by atoms with Crippen LogP contribution in [-0.2, 0) is 9.84 Å². The zero-order valence-corrected chi connectivity index (χ0v) is 35.3. The summed E-state index contributed by atoms with van der Waals surface area (Å²) in [5, 5.41) is 2.57. The first-order valence-electron chi connectivity index (χ1n) is 18.2. The zero-order chi connectivity index (χ0) is 45.0. The molecule has 7 N–H and O–H groups in total. The number of ketones is 2. The van der Waals surface area contributed by atoms with Gasteiger partial charge in [0.05, 0.1) is 42.2 Å². The maximum Gasteiger partial charge on any atom is 0.249 e. The Morgan fingerprint density at radius 2 is 1.10 bits per heavy atom. The Balaban J connectivity index is 0.000000222. The maximum absolute atomic E-state index is 13.6. The van der Waals surface area contributed by atoms with Gasteiger partial charge < -0.3 is 41.8 Å². The van der Waals surface area contributed by atoms with E-state index in [4.69, 9.17) is 26.7 Å². The number of nitrogens with zero attached hydrogens (tertiary/aromatic N) is 6. The van der Waals surface area contributed by atoms with Crippen LogP contribution in [0.15, 0.2) is 102 Å². The first-order valence-corrected chi connectivity index (χ1v) is 19.9. The van der Waals surface area contributed by atoms with Gasteiger partial charge in [-0.15, -0.1) is 0 Å². The van der Waals surface area contributed by atoms with Crippen LogP contribution in [0, 0.1) is 11.6 Å². The number of carbonyl (C=O) groups excluding carboxylic acids is 2. The number of hydrogen-bond acceptors (Lipinski definition) is 16. The highest BCUT2D eigenvalue weighted by atomic mass is 32.2. The summed E-state index contributed by atoms with van der Waals surface area (Å²) in [5.74, 6) is -2.23. The van der Waals surface area contributed by atoms with Crippen molar-refractivity contribution in [1.29, 1.82) is 0 Å². The normalized spacial score (nSPS) is 10.6. The molecule has 0 aliphatic heterocycles. The minimum atomic E-state index is -3.65. The average Bonchev–Trinajstić information content (AvgIpc) is 3.24. The van der Waals surface area contributed by atoms with Gasteiger partial charge in [-0.3, -0.25) is 9.59 Å². The summed E-state index contributed by atoms with van der Waals surface area (Å²) in [6.07, 6.45) is 2.32. The number of nitrogens with two attached hydrogens (primary N) is 3. The summed E-state index contributed by atoms with van der Waals surface area (Å²) in [5.41, 5.74) is 20.9. The minimum Gasteiger partial charge on any atom is -0.496 e. The molecule has 2 heterocycles. The third kappa shape index (κ3) is 12.1. The van der Waals surface area contributed by atoms with Crippen molar-refractivity contribution in [2.24, 2.45) is 0 Å². The summed E-state index contributed by atoms with van der Waals surface area (Å²) in [6.45, 7) is 1.44. The second-order valence-corrected chi connectivity index (χ2v) is 15.4. The maximum atomic E-state index is 13.6. The molecular formula is C42H46F2N10O6S. The monoisotopic (exact) mass is 856 g/mol. The number of halogens is 2. The summed E-state index contributed by atoms with van der Waals surface area (Å²) in [6, 6.07) is 22.6. The van der Waals surface area contributed by atoms with Crippen LogP contribution in [0.3, 0.4) is 0 Å². The van der Waals surface area contributed by atoms with Crippen molar-refractivity contribution >= 4 is 61.7 Å². The molecule has 0 radical (unpaired) electrons. The smallest absolute Gasteiger partial charge is 0.249 e. The van der Waals surface area contributed by atoms with Crippen molar-refractivity contribution in [1.82, 2.24) is 19.9 Å². The van der Waals surface area contributed by atoms with Gasteiger partial charge in [0, 0.05) is 63.3 Å². The Labute approximate surface area is 352 Å². The fraction of sp³-hybridized carbons (Fsp3) is 0.190. The molecule has 2 aromatic heterocycles. The van der Waals surface area contributed by atoms with Crippen LogP contribution in [0.1, 0.15) is 38.8 Å². The number of benzene rings is 4. The van der Waals surface area contributed by atoms with E-state index in [1.165, 1.54) is 51.2 Å². The Morgan fingerprint density at radius 1 is 0.656 bits per heavy atom. The number of nitrogen functional groups attached to an aromatic ring is 3. The Hall–Kier alpha value is -7.41. The van der Waals surface area contributed by atoms with Gasteiger partial charge in [0.1, 0.15) is 34.8 Å². The fourth-order valence-electron chi connectivity index (χ4n) is 5.21. The van der Waals surface area contributed by atoms with Gasteiger partial charge >= 0.3 is 0 Å². The largest absolute Gasteiger partial charge is 0.496 e. The van der Waals surface area contributed by atoms with E-state index >= 15 is 0 Å². The van der Waals surface area contributed by atoms with E-state index < -0.39 is 38.2 Å². The van der Waals surface area contributed by atoms with Crippen LogP contribution < -0.4 is 41.8 Å². The quantitative estimate of drug-likeness (QED) is 0.0645. The van der Waals surface area contributed by atoms with Crippen molar-refractivity contribution in [2.75, 3.05) is 80.5 Å². The molecule has 0 aliphatic carbocycles. The third-order valence-electron chi connectivity index (χ3n) is 8.62. The molecule has 0 bridgehead atoms. The number of hydrogen-bond donors (Lipinski definition) is 4. The van der Waals surface area contributed by atoms with E-state index in [2.05, 4.69) is 25.3 Å². The predicted octanol–water partition coefficient (Wildman–Crippen LogP) is 5.81. The van der Waals surface area contributed by atoms with Crippen LogP contribution in [0.25, 0.3) is 0 Å². The second-order valence-electron chi connectivity index (χ2n) is 13.2. The fourth-order valence-corrected chi connectivity index (χ4v) is 5.92. The highest BCUT2D eigenvalue weighted by Crippen LogP contribution is 2.27. The molecule has 0 fully saturated rings. The van der Waals surface area contributed by atoms with E-state index in [9.17, 15) is 26.8 Å². The topological polar surface area (TPSA) is 235 Å².